The molecule has 0 saturated carbocycles. The molecule has 1 aliphatic heterocycles. The first-order chi connectivity index (χ1) is 3.21. The fourth-order valence-electron chi connectivity index (χ4n) is 0.464. The molecule has 50 valence electrons. The Labute approximate surface area is 54.4 Å². The molecule has 0 amide bonds. The average molecular weight is 140 g/mol. The van der Waals surface area contributed by atoms with E-state index in [2.05, 4.69) is 10.3 Å². The second-order valence-corrected chi connectivity index (χ2v) is 2.11. The normalized spacial score (nSPS) is 36.8. The molecular weight excluding hydrogens is 130 g/mol. The van der Waals surface area contributed by atoms with E-state index in [4.69, 9.17) is 5.11 Å². The number of rotatable bonds is 0. The van der Waals surface area contributed by atoms with E-state index in [1.165, 1.54) is 0 Å². The van der Waals surface area contributed by atoms with Gasteiger partial charge in [0.05, 0.1) is 13.2 Å². The molecule has 8 heavy (non-hydrogen) atoms. The van der Waals surface area contributed by atoms with Gasteiger partial charge in [-0.1, -0.05) is 0 Å². The van der Waals surface area contributed by atoms with Crippen LogP contribution >= 0.6 is 12.4 Å². The van der Waals surface area contributed by atoms with Gasteiger partial charge in [0.2, 0.25) is 0 Å². The third-order valence-electron chi connectivity index (χ3n) is 0.938. The average Bonchev–Trinajstić information content (AvgIpc) is 1.84. The molecule has 1 saturated heterocycles. The first-order valence-electron chi connectivity index (χ1n) is 2.28. The predicted octanol–water partition coefficient (Wildman–Crippen LogP) is -0.306. The summed E-state index contributed by atoms with van der Waals surface area (Å²) >= 11 is 0. The Morgan fingerprint density at radius 2 is 2.38 bits per heavy atom. The molecule has 3 nitrogen and oxygen atoms in total. The maximum absolute atomic E-state index is 9.01. The van der Waals surface area contributed by atoms with Crippen LogP contribution in [-0.2, 0) is 4.84 Å². The first-order valence-corrected chi connectivity index (χ1v) is 2.28. The zero-order valence-corrected chi connectivity index (χ0v) is 5.49. The predicted molar refractivity (Wildman–Crippen MR) is 31.8 cm³/mol. The van der Waals surface area contributed by atoms with Gasteiger partial charge < -0.3 is 5.11 Å². The van der Waals surface area contributed by atoms with Gasteiger partial charge in [0.15, 0.2) is 0 Å². The third kappa shape index (κ3) is 1.96. The lowest BCUT2D eigenvalue weighted by molar-refractivity contribution is 0.0343. The van der Waals surface area contributed by atoms with Gasteiger partial charge in [0.25, 0.3) is 0 Å². The highest BCUT2D eigenvalue weighted by molar-refractivity contribution is 5.85. The Bertz CT molecular complexity index is 68.4. The summed E-state index contributed by atoms with van der Waals surface area (Å²) in [6.45, 7) is 2.66. The van der Waals surface area contributed by atoms with Crippen molar-refractivity contribution in [1.29, 1.82) is 0 Å². The number of hydrogen-bond acceptors (Lipinski definition) is 3. The van der Waals surface area contributed by atoms with Gasteiger partial charge in [-0.3, -0.25) is 4.84 Å². The molecule has 1 aliphatic rings. The maximum atomic E-state index is 9.01. The van der Waals surface area contributed by atoms with E-state index in [0.29, 0.717) is 13.2 Å². The van der Waals surface area contributed by atoms with E-state index in [0.717, 1.165) is 0 Å². The molecule has 0 aromatic carbocycles. The van der Waals surface area contributed by atoms with Crippen molar-refractivity contribution < 1.29 is 9.94 Å². The highest BCUT2D eigenvalue weighted by atomic mass is 35.5. The quantitative estimate of drug-likeness (QED) is 0.484. The Morgan fingerprint density at radius 3 is 2.50 bits per heavy atom. The van der Waals surface area contributed by atoms with E-state index in [9.17, 15) is 0 Å². The lowest BCUT2D eigenvalue weighted by Gasteiger charge is -2.08. The van der Waals surface area contributed by atoms with E-state index in [1.807, 2.05) is 0 Å². The Morgan fingerprint density at radius 1 is 1.75 bits per heavy atom. The van der Waals surface area contributed by atoms with Crippen LogP contribution in [0.2, 0.25) is 0 Å². The number of nitrogens with one attached hydrogen (secondary N) is 1. The molecule has 1 fully saturated rings. The van der Waals surface area contributed by atoms with Crippen LogP contribution < -0.4 is 5.48 Å². The highest BCUT2D eigenvalue weighted by Crippen LogP contribution is 2.05. The molecule has 0 spiro atoms. The highest BCUT2D eigenvalue weighted by Gasteiger charge is 2.25. The van der Waals surface area contributed by atoms with Gasteiger partial charge in [-0.25, -0.2) is 0 Å². The molecule has 1 rings (SSSR count). The largest absolute Gasteiger partial charge is 0.386 e. The molecule has 1 unspecified atom stereocenters. The number of halogens is 1. The zero-order valence-electron chi connectivity index (χ0n) is 4.68. The summed E-state index contributed by atoms with van der Waals surface area (Å²) in [5.74, 6) is 0. The minimum Gasteiger partial charge on any atom is -0.386 e. The smallest absolute Gasteiger partial charge is 0.102 e. The first kappa shape index (κ1) is 8.17. The summed E-state index contributed by atoms with van der Waals surface area (Å²) in [6, 6.07) is 0. The molecule has 2 N–H and O–H groups in total. The van der Waals surface area contributed by atoms with Crippen molar-refractivity contribution in [1.82, 2.24) is 5.48 Å². The van der Waals surface area contributed by atoms with E-state index >= 15 is 0 Å². The monoisotopic (exact) mass is 139 g/mol. The van der Waals surface area contributed by atoms with Crippen LogP contribution in [0, 0.1) is 0 Å². The molecule has 0 aliphatic carbocycles. The van der Waals surface area contributed by atoms with Crippen molar-refractivity contribution in [2.75, 3.05) is 13.2 Å². The third-order valence-corrected chi connectivity index (χ3v) is 0.938. The van der Waals surface area contributed by atoms with Gasteiger partial charge in [-0.2, -0.15) is 5.48 Å². The fourth-order valence-corrected chi connectivity index (χ4v) is 0.464. The molecule has 1 heterocycles. The summed E-state index contributed by atoms with van der Waals surface area (Å²) in [7, 11) is 0. The van der Waals surface area contributed by atoms with Crippen LogP contribution in [0.4, 0.5) is 0 Å². The molecule has 0 aromatic rings. The summed E-state index contributed by atoms with van der Waals surface area (Å²) in [4.78, 5) is 4.66. The second kappa shape index (κ2) is 2.64. The Hall–Kier alpha value is 0.170. The van der Waals surface area contributed by atoms with Gasteiger partial charge in [-0.15, -0.1) is 12.4 Å². The lowest BCUT2D eigenvalue weighted by atomic mass is 10.1. The van der Waals surface area contributed by atoms with Crippen LogP contribution in [0.3, 0.4) is 0 Å². The van der Waals surface area contributed by atoms with E-state index in [1.54, 1.807) is 6.92 Å². The van der Waals surface area contributed by atoms with Crippen molar-refractivity contribution in [3.8, 4) is 0 Å². The topological polar surface area (TPSA) is 41.5 Å². The van der Waals surface area contributed by atoms with Crippen molar-refractivity contribution in [2.45, 2.75) is 12.5 Å². The summed E-state index contributed by atoms with van der Waals surface area (Å²) in [6.07, 6.45) is 0. The van der Waals surface area contributed by atoms with Gasteiger partial charge in [0.1, 0.15) is 5.60 Å². The van der Waals surface area contributed by atoms with Crippen LogP contribution in [-0.4, -0.2) is 23.9 Å². The van der Waals surface area contributed by atoms with Crippen molar-refractivity contribution in [3.05, 3.63) is 0 Å². The molecule has 0 aromatic heterocycles. The van der Waals surface area contributed by atoms with Crippen LogP contribution in [0.1, 0.15) is 6.92 Å². The van der Waals surface area contributed by atoms with Crippen molar-refractivity contribution >= 4 is 12.4 Å². The van der Waals surface area contributed by atoms with Crippen LogP contribution in [0.25, 0.3) is 0 Å². The van der Waals surface area contributed by atoms with E-state index in [-0.39, 0.29) is 12.4 Å². The SMILES string of the molecule is CC1(O)CNOC1.Cl. The summed E-state index contributed by atoms with van der Waals surface area (Å²) in [5, 5.41) is 9.01. The summed E-state index contributed by atoms with van der Waals surface area (Å²) in [5.41, 5.74) is 1.92. The van der Waals surface area contributed by atoms with Gasteiger partial charge >= 0.3 is 0 Å². The molecule has 0 bridgehead atoms. The molecular formula is C4H10ClNO2. The standard InChI is InChI=1S/C4H9NO2.ClH/c1-4(6)2-5-7-3-4;/h5-6H,2-3H2,1H3;1H. The molecule has 4 heteroatoms. The zero-order chi connectivity index (χ0) is 5.33. The Balaban J connectivity index is 0.000000490. The van der Waals surface area contributed by atoms with Gasteiger partial charge in [-0.05, 0) is 6.92 Å². The number of β-amino-alcohol motifs (C(OH)–C–C–N with tert-alkyl or cyclic N) is 1. The molecule has 1 atom stereocenters. The Kier molecular flexibility index (Phi) is 2.70. The summed E-state index contributed by atoms with van der Waals surface area (Å²) < 4.78 is 0. The number of aliphatic hydroxyl groups is 1. The van der Waals surface area contributed by atoms with Gasteiger partial charge in [0, 0.05) is 0 Å². The number of hydroxylamine groups is 1. The van der Waals surface area contributed by atoms with Crippen LogP contribution in [0.15, 0.2) is 0 Å². The van der Waals surface area contributed by atoms with E-state index < -0.39 is 5.60 Å². The van der Waals surface area contributed by atoms with Crippen LogP contribution in [0.5, 0.6) is 0 Å². The fraction of sp³-hybridized carbons (Fsp3) is 1.00. The van der Waals surface area contributed by atoms with Crippen molar-refractivity contribution in [2.24, 2.45) is 0 Å². The second-order valence-electron chi connectivity index (χ2n) is 2.11. The lowest BCUT2D eigenvalue weighted by Crippen LogP contribution is -2.29. The minimum absolute atomic E-state index is 0. The minimum atomic E-state index is -0.639. The maximum Gasteiger partial charge on any atom is 0.102 e. The van der Waals surface area contributed by atoms with Crippen molar-refractivity contribution in [3.63, 3.8) is 0 Å². The number of hydrogen-bond donors (Lipinski definition) is 2. The molecule has 0 radical (unpaired) electrons.